The Morgan fingerprint density at radius 2 is 2.00 bits per heavy atom. The fourth-order valence-corrected chi connectivity index (χ4v) is 4.59. The molecule has 7 heteroatoms. The lowest BCUT2D eigenvalue weighted by Gasteiger charge is -2.35. The molecule has 0 aliphatic carbocycles. The van der Waals surface area contributed by atoms with Crippen LogP contribution in [0.1, 0.15) is 6.92 Å². The summed E-state index contributed by atoms with van der Waals surface area (Å²) in [5, 5.41) is 6.50. The fraction of sp³-hybridized carbons (Fsp3) is 0.240. The van der Waals surface area contributed by atoms with E-state index in [0.717, 1.165) is 56.8 Å². The standard InChI is InChI=1S/C25H24N6O/c1-16-15-32-13-12-31(16)25-20-14-17(23-9-11-27-30(23)2)6-7-22(20)28-24(29-25)19-4-3-5-21-18(19)8-10-26-21/h3-11,14,16,26H,12-13,15H2,1-2H3/t16-/m0/s1. The highest BCUT2D eigenvalue weighted by Crippen LogP contribution is 2.34. The largest absolute Gasteiger partial charge is 0.377 e. The Bertz CT molecular complexity index is 1440. The quantitative estimate of drug-likeness (QED) is 0.465. The zero-order valence-corrected chi connectivity index (χ0v) is 18.1. The summed E-state index contributed by atoms with van der Waals surface area (Å²) in [6.45, 7) is 4.37. The summed E-state index contributed by atoms with van der Waals surface area (Å²) < 4.78 is 7.59. The molecule has 0 radical (unpaired) electrons. The summed E-state index contributed by atoms with van der Waals surface area (Å²) in [7, 11) is 1.96. The van der Waals surface area contributed by atoms with E-state index in [1.54, 1.807) is 0 Å². The van der Waals surface area contributed by atoms with Crippen molar-refractivity contribution in [3.05, 3.63) is 60.9 Å². The maximum Gasteiger partial charge on any atom is 0.162 e. The van der Waals surface area contributed by atoms with Crippen molar-refractivity contribution in [1.29, 1.82) is 0 Å². The third-order valence-corrected chi connectivity index (χ3v) is 6.27. The molecule has 5 aromatic rings. The second-order valence-corrected chi connectivity index (χ2v) is 8.30. The number of nitrogens with one attached hydrogen (secondary N) is 1. The van der Waals surface area contributed by atoms with Crippen LogP contribution in [0.2, 0.25) is 0 Å². The summed E-state index contributed by atoms with van der Waals surface area (Å²) in [5.74, 6) is 1.70. The van der Waals surface area contributed by atoms with Gasteiger partial charge in [-0.1, -0.05) is 18.2 Å². The first-order chi connectivity index (χ1) is 15.7. The molecule has 0 amide bonds. The zero-order valence-electron chi connectivity index (χ0n) is 18.1. The van der Waals surface area contributed by atoms with Crippen molar-refractivity contribution in [2.45, 2.75) is 13.0 Å². The number of aryl methyl sites for hydroxylation is 1. The van der Waals surface area contributed by atoms with E-state index in [2.05, 4.69) is 58.3 Å². The Kier molecular flexibility index (Phi) is 4.43. The minimum absolute atomic E-state index is 0.234. The SMILES string of the molecule is C[C@H]1COCCN1c1nc(-c2cccc3[nH]ccc23)nc2ccc(-c3ccnn3C)cc12. The molecule has 1 N–H and O–H groups in total. The van der Waals surface area contributed by atoms with Gasteiger partial charge < -0.3 is 14.6 Å². The predicted octanol–water partition coefficient (Wildman–Crippen LogP) is 4.40. The number of aromatic amines is 1. The molecule has 3 aromatic heterocycles. The number of rotatable bonds is 3. The molecule has 0 spiro atoms. The van der Waals surface area contributed by atoms with E-state index >= 15 is 0 Å². The minimum Gasteiger partial charge on any atom is -0.377 e. The van der Waals surface area contributed by atoms with Crippen molar-refractivity contribution in [3.8, 4) is 22.6 Å². The van der Waals surface area contributed by atoms with Gasteiger partial charge in [-0.05, 0) is 37.3 Å². The highest BCUT2D eigenvalue weighted by Gasteiger charge is 2.24. The van der Waals surface area contributed by atoms with Crippen LogP contribution in [0.3, 0.4) is 0 Å². The maximum absolute atomic E-state index is 5.71. The van der Waals surface area contributed by atoms with E-state index in [9.17, 15) is 0 Å². The number of benzene rings is 2. The van der Waals surface area contributed by atoms with Crippen LogP contribution in [-0.2, 0) is 11.8 Å². The highest BCUT2D eigenvalue weighted by molar-refractivity contribution is 5.98. The van der Waals surface area contributed by atoms with Gasteiger partial charge in [0, 0.05) is 53.4 Å². The predicted molar refractivity (Wildman–Crippen MR) is 127 cm³/mol. The zero-order chi connectivity index (χ0) is 21.7. The summed E-state index contributed by atoms with van der Waals surface area (Å²) in [6, 6.07) is 16.9. The first-order valence-corrected chi connectivity index (χ1v) is 10.9. The van der Waals surface area contributed by atoms with Crippen molar-refractivity contribution in [2.75, 3.05) is 24.7 Å². The van der Waals surface area contributed by atoms with Gasteiger partial charge in [-0.15, -0.1) is 0 Å². The first-order valence-electron chi connectivity index (χ1n) is 10.9. The topological polar surface area (TPSA) is 71.9 Å². The van der Waals surface area contributed by atoms with Crippen LogP contribution in [-0.4, -0.2) is 50.5 Å². The third kappa shape index (κ3) is 3.05. The van der Waals surface area contributed by atoms with Gasteiger partial charge in [-0.3, -0.25) is 4.68 Å². The number of nitrogens with zero attached hydrogens (tertiary/aromatic N) is 5. The average molecular weight is 425 g/mol. The van der Waals surface area contributed by atoms with Gasteiger partial charge >= 0.3 is 0 Å². The molecule has 0 unspecified atom stereocenters. The normalized spacial score (nSPS) is 16.8. The molecule has 4 heterocycles. The van der Waals surface area contributed by atoms with E-state index in [0.29, 0.717) is 13.2 Å². The first kappa shape index (κ1) is 19.0. The number of aromatic nitrogens is 5. The smallest absolute Gasteiger partial charge is 0.162 e. The van der Waals surface area contributed by atoms with E-state index < -0.39 is 0 Å². The monoisotopic (exact) mass is 424 g/mol. The fourth-order valence-electron chi connectivity index (χ4n) is 4.59. The number of hydrogen-bond donors (Lipinski definition) is 1. The van der Waals surface area contributed by atoms with Gasteiger partial charge in [0.1, 0.15) is 5.82 Å². The van der Waals surface area contributed by atoms with Gasteiger partial charge in [-0.25, -0.2) is 9.97 Å². The van der Waals surface area contributed by atoms with Crippen molar-refractivity contribution in [2.24, 2.45) is 7.05 Å². The molecule has 32 heavy (non-hydrogen) atoms. The number of fused-ring (bicyclic) bond motifs is 2. The van der Waals surface area contributed by atoms with Crippen molar-refractivity contribution in [1.82, 2.24) is 24.7 Å². The summed E-state index contributed by atoms with van der Waals surface area (Å²) in [5.41, 5.74) is 5.21. The molecule has 0 saturated carbocycles. The van der Waals surface area contributed by atoms with Crippen LogP contribution < -0.4 is 4.90 Å². The van der Waals surface area contributed by atoms with Gasteiger partial charge in [0.15, 0.2) is 5.82 Å². The van der Waals surface area contributed by atoms with Crippen molar-refractivity contribution >= 4 is 27.6 Å². The molecule has 0 bridgehead atoms. The van der Waals surface area contributed by atoms with Gasteiger partial charge in [-0.2, -0.15) is 5.10 Å². The number of hydrogen-bond acceptors (Lipinski definition) is 5. The molecule has 1 aliphatic heterocycles. The Hall–Kier alpha value is -3.71. The van der Waals surface area contributed by atoms with Crippen molar-refractivity contribution in [3.63, 3.8) is 0 Å². The van der Waals surface area contributed by atoms with Crippen molar-refractivity contribution < 1.29 is 4.74 Å². The summed E-state index contributed by atoms with van der Waals surface area (Å²) in [4.78, 5) is 15.8. The maximum atomic E-state index is 5.71. The van der Waals surface area contributed by atoms with Crippen LogP contribution in [0.4, 0.5) is 5.82 Å². The summed E-state index contributed by atoms with van der Waals surface area (Å²) in [6.07, 6.45) is 3.78. The van der Waals surface area contributed by atoms with Gasteiger partial charge in [0.2, 0.25) is 0 Å². The molecule has 160 valence electrons. The van der Waals surface area contributed by atoms with Gasteiger partial charge in [0.05, 0.1) is 30.5 Å². The molecule has 2 aromatic carbocycles. The van der Waals surface area contributed by atoms with E-state index in [4.69, 9.17) is 14.7 Å². The average Bonchev–Trinajstić information content (AvgIpc) is 3.47. The lowest BCUT2D eigenvalue weighted by Crippen LogP contribution is -2.44. The Balaban J connectivity index is 1.60. The Morgan fingerprint density at radius 3 is 2.84 bits per heavy atom. The lowest BCUT2D eigenvalue weighted by atomic mass is 10.1. The molecule has 1 saturated heterocycles. The van der Waals surface area contributed by atoms with E-state index in [1.165, 1.54) is 0 Å². The van der Waals surface area contributed by atoms with Crippen LogP contribution >= 0.6 is 0 Å². The highest BCUT2D eigenvalue weighted by atomic mass is 16.5. The Labute approximate surface area is 185 Å². The Morgan fingerprint density at radius 1 is 1.06 bits per heavy atom. The van der Waals surface area contributed by atoms with E-state index in [-0.39, 0.29) is 6.04 Å². The molecule has 1 atom stereocenters. The second kappa shape index (κ2) is 7.46. The molecule has 6 rings (SSSR count). The molecule has 1 fully saturated rings. The number of anilines is 1. The molecule has 1 aliphatic rings. The molecular formula is C25H24N6O. The third-order valence-electron chi connectivity index (χ3n) is 6.27. The number of ether oxygens (including phenoxy) is 1. The number of H-pyrrole nitrogens is 1. The number of morpholine rings is 1. The van der Waals surface area contributed by atoms with Crippen LogP contribution in [0.25, 0.3) is 44.5 Å². The van der Waals surface area contributed by atoms with Crippen LogP contribution in [0, 0.1) is 0 Å². The van der Waals surface area contributed by atoms with E-state index in [1.807, 2.05) is 36.3 Å². The summed E-state index contributed by atoms with van der Waals surface area (Å²) >= 11 is 0. The van der Waals surface area contributed by atoms with Gasteiger partial charge in [0.25, 0.3) is 0 Å². The lowest BCUT2D eigenvalue weighted by molar-refractivity contribution is 0.0987. The second-order valence-electron chi connectivity index (χ2n) is 8.30. The minimum atomic E-state index is 0.234. The van der Waals surface area contributed by atoms with Crippen LogP contribution in [0.15, 0.2) is 60.9 Å². The molecular weight excluding hydrogens is 400 g/mol. The van der Waals surface area contributed by atoms with Crippen LogP contribution in [0.5, 0.6) is 0 Å². The molecule has 7 nitrogen and oxygen atoms in total.